The Bertz CT molecular complexity index is 655. The van der Waals surface area contributed by atoms with E-state index in [1.807, 2.05) is 6.92 Å². The predicted molar refractivity (Wildman–Crippen MR) is 86.1 cm³/mol. The third-order valence-electron chi connectivity index (χ3n) is 3.48. The van der Waals surface area contributed by atoms with Gasteiger partial charge in [-0.3, -0.25) is 0 Å². The molecule has 3 N–H and O–H groups in total. The minimum Gasteiger partial charge on any atom is -0.389 e. The molecule has 0 radical (unpaired) electrons. The molecule has 1 saturated heterocycles. The van der Waals surface area contributed by atoms with Crippen LogP contribution in [-0.2, 0) is 14.8 Å². The van der Waals surface area contributed by atoms with E-state index in [0.717, 1.165) is 0 Å². The Morgan fingerprint density at radius 2 is 2.05 bits per heavy atom. The normalized spacial score (nSPS) is 18.4. The van der Waals surface area contributed by atoms with E-state index >= 15 is 0 Å². The van der Waals surface area contributed by atoms with E-state index in [2.05, 4.69) is 4.72 Å². The van der Waals surface area contributed by atoms with Crippen LogP contribution < -0.4 is 10.5 Å². The lowest BCUT2D eigenvalue weighted by Crippen LogP contribution is -2.49. The van der Waals surface area contributed by atoms with Crippen molar-refractivity contribution in [1.82, 2.24) is 4.72 Å². The Labute approximate surface area is 134 Å². The third-order valence-corrected chi connectivity index (χ3v) is 5.84. The number of benzene rings is 1. The van der Waals surface area contributed by atoms with E-state index in [0.29, 0.717) is 31.6 Å². The number of sulfonamides is 1. The fourth-order valence-corrected chi connectivity index (χ4v) is 4.28. The fraction of sp³-hybridized carbons (Fsp3) is 0.462. The van der Waals surface area contributed by atoms with Gasteiger partial charge in [0.2, 0.25) is 10.0 Å². The molecule has 0 saturated carbocycles. The van der Waals surface area contributed by atoms with Crippen molar-refractivity contribution in [3.05, 3.63) is 28.8 Å². The summed E-state index contributed by atoms with van der Waals surface area (Å²) in [6.45, 7) is 2.91. The molecule has 0 unspecified atom stereocenters. The lowest BCUT2D eigenvalue weighted by atomic mass is 9.94. The summed E-state index contributed by atoms with van der Waals surface area (Å²) >= 11 is 10.9. The molecule has 1 heterocycles. The van der Waals surface area contributed by atoms with Crippen molar-refractivity contribution in [2.75, 3.05) is 13.2 Å². The Hall–Kier alpha value is -0.730. The number of hydrogen-bond acceptors (Lipinski definition) is 4. The van der Waals surface area contributed by atoms with Crippen LogP contribution in [0.2, 0.25) is 5.02 Å². The van der Waals surface area contributed by atoms with Crippen molar-refractivity contribution in [3.8, 4) is 0 Å². The molecular weight excluding hydrogens is 332 g/mol. The average molecular weight is 349 g/mol. The van der Waals surface area contributed by atoms with Crippen molar-refractivity contribution in [1.29, 1.82) is 0 Å². The topological polar surface area (TPSA) is 81.4 Å². The smallest absolute Gasteiger partial charge is 0.242 e. The lowest BCUT2D eigenvalue weighted by Gasteiger charge is -2.34. The molecule has 0 spiro atoms. The maximum absolute atomic E-state index is 12.6. The standard InChI is InChI=1S/C13H17ClN2O3S2/c1-13(4-6-19-7-5-13)16-21(17,18)11-8-9(12(15)20)2-3-10(11)14/h2-3,8,16H,4-7H2,1H3,(H2,15,20). The van der Waals surface area contributed by atoms with Gasteiger partial charge >= 0.3 is 0 Å². The number of rotatable bonds is 4. The predicted octanol–water partition coefficient (Wildman–Crippen LogP) is 1.82. The van der Waals surface area contributed by atoms with Crippen LogP contribution in [0.15, 0.2) is 23.1 Å². The Balaban J connectivity index is 2.35. The van der Waals surface area contributed by atoms with Gasteiger partial charge in [0.1, 0.15) is 9.88 Å². The van der Waals surface area contributed by atoms with Crippen LogP contribution in [0.25, 0.3) is 0 Å². The van der Waals surface area contributed by atoms with Gasteiger partial charge in [0.05, 0.1) is 5.02 Å². The molecule has 2 rings (SSSR count). The van der Waals surface area contributed by atoms with Crippen molar-refractivity contribution >= 4 is 38.8 Å². The molecule has 1 aromatic carbocycles. The van der Waals surface area contributed by atoms with Crippen molar-refractivity contribution in [3.63, 3.8) is 0 Å². The highest BCUT2D eigenvalue weighted by molar-refractivity contribution is 7.89. The Kier molecular flexibility index (Phi) is 4.89. The van der Waals surface area contributed by atoms with Crippen LogP contribution in [0.5, 0.6) is 0 Å². The quantitative estimate of drug-likeness (QED) is 0.811. The van der Waals surface area contributed by atoms with E-state index in [9.17, 15) is 8.42 Å². The van der Waals surface area contributed by atoms with Gasteiger partial charge in [-0.05, 0) is 31.9 Å². The number of nitrogens with two attached hydrogens (primary N) is 1. The molecule has 116 valence electrons. The van der Waals surface area contributed by atoms with Gasteiger partial charge in [-0.2, -0.15) is 0 Å². The second-order valence-corrected chi connectivity index (χ2v) is 7.79. The second-order valence-electron chi connectivity index (χ2n) is 5.29. The summed E-state index contributed by atoms with van der Waals surface area (Å²) in [5.41, 5.74) is 5.47. The molecule has 5 nitrogen and oxygen atoms in total. The first-order valence-corrected chi connectivity index (χ1v) is 8.72. The van der Waals surface area contributed by atoms with Crippen molar-refractivity contribution < 1.29 is 13.2 Å². The second kappa shape index (κ2) is 6.18. The van der Waals surface area contributed by atoms with Gasteiger partial charge in [0.15, 0.2) is 0 Å². The fourth-order valence-electron chi connectivity index (χ4n) is 2.17. The van der Waals surface area contributed by atoms with Gasteiger partial charge in [-0.25, -0.2) is 13.1 Å². The van der Waals surface area contributed by atoms with Crippen LogP contribution in [0.3, 0.4) is 0 Å². The van der Waals surface area contributed by atoms with Crippen LogP contribution in [0.4, 0.5) is 0 Å². The van der Waals surface area contributed by atoms with Gasteiger partial charge in [0.25, 0.3) is 0 Å². The highest BCUT2D eigenvalue weighted by atomic mass is 35.5. The number of ether oxygens (including phenoxy) is 1. The summed E-state index contributed by atoms with van der Waals surface area (Å²) in [7, 11) is -3.76. The first kappa shape index (κ1) is 16.6. The number of hydrogen-bond donors (Lipinski definition) is 2. The van der Waals surface area contributed by atoms with E-state index in [1.165, 1.54) is 12.1 Å². The molecule has 1 aliphatic rings. The summed E-state index contributed by atoms with van der Waals surface area (Å²) in [6.07, 6.45) is 1.22. The molecule has 0 bridgehead atoms. The average Bonchev–Trinajstić information content (AvgIpc) is 2.38. The van der Waals surface area contributed by atoms with Crippen LogP contribution >= 0.6 is 23.8 Å². The van der Waals surface area contributed by atoms with Crippen LogP contribution in [0.1, 0.15) is 25.3 Å². The molecule has 0 atom stereocenters. The Morgan fingerprint density at radius 3 is 2.62 bits per heavy atom. The highest BCUT2D eigenvalue weighted by Gasteiger charge is 2.33. The first-order valence-electron chi connectivity index (χ1n) is 6.45. The molecular formula is C13H17ClN2O3S2. The molecule has 1 aliphatic heterocycles. The zero-order valence-corrected chi connectivity index (χ0v) is 13.9. The van der Waals surface area contributed by atoms with Gasteiger partial charge in [-0.15, -0.1) is 0 Å². The molecule has 8 heteroatoms. The molecule has 0 aliphatic carbocycles. The van der Waals surface area contributed by atoms with E-state index in [-0.39, 0.29) is 14.9 Å². The SMILES string of the molecule is CC1(NS(=O)(=O)c2cc(C(N)=S)ccc2Cl)CCOCC1. The van der Waals surface area contributed by atoms with Crippen LogP contribution in [0, 0.1) is 0 Å². The summed E-state index contributed by atoms with van der Waals surface area (Å²) in [6, 6.07) is 4.48. The summed E-state index contributed by atoms with van der Waals surface area (Å²) in [4.78, 5) is 0.113. The summed E-state index contributed by atoms with van der Waals surface area (Å²) < 4.78 is 33.1. The zero-order chi connectivity index (χ0) is 15.7. The molecule has 0 amide bonds. The van der Waals surface area contributed by atoms with E-state index in [4.69, 9.17) is 34.3 Å². The lowest BCUT2D eigenvalue weighted by molar-refractivity contribution is 0.0537. The van der Waals surface area contributed by atoms with E-state index in [1.54, 1.807) is 6.07 Å². The highest BCUT2D eigenvalue weighted by Crippen LogP contribution is 2.27. The first-order chi connectivity index (χ1) is 9.73. The van der Waals surface area contributed by atoms with E-state index < -0.39 is 15.6 Å². The summed E-state index contributed by atoms with van der Waals surface area (Å²) in [5, 5.41) is 0.137. The number of halogens is 1. The zero-order valence-electron chi connectivity index (χ0n) is 11.6. The Morgan fingerprint density at radius 1 is 1.43 bits per heavy atom. The van der Waals surface area contributed by atoms with Crippen LogP contribution in [-0.4, -0.2) is 32.2 Å². The third kappa shape index (κ3) is 3.92. The summed E-state index contributed by atoms with van der Waals surface area (Å²) in [5.74, 6) is 0. The largest absolute Gasteiger partial charge is 0.389 e. The maximum Gasteiger partial charge on any atom is 0.242 e. The van der Waals surface area contributed by atoms with Gasteiger partial charge in [-0.1, -0.05) is 29.9 Å². The molecule has 0 aromatic heterocycles. The van der Waals surface area contributed by atoms with Crippen molar-refractivity contribution in [2.24, 2.45) is 5.73 Å². The van der Waals surface area contributed by atoms with Gasteiger partial charge < -0.3 is 10.5 Å². The monoisotopic (exact) mass is 348 g/mol. The molecule has 21 heavy (non-hydrogen) atoms. The number of thiocarbonyl (C=S) groups is 1. The minimum atomic E-state index is -3.76. The van der Waals surface area contributed by atoms with Gasteiger partial charge in [0, 0.05) is 24.3 Å². The molecule has 1 fully saturated rings. The minimum absolute atomic E-state index is 0.0119. The molecule has 1 aromatic rings. The number of nitrogens with one attached hydrogen (secondary N) is 1. The maximum atomic E-state index is 12.6. The van der Waals surface area contributed by atoms with Crippen molar-refractivity contribution in [2.45, 2.75) is 30.2 Å².